The van der Waals surface area contributed by atoms with E-state index in [9.17, 15) is 0 Å². The summed E-state index contributed by atoms with van der Waals surface area (Å²) in [4.78, 5) is 0. The van der Waals surface area contributed by atoms with Gasteiger partial charge in [-0.1, -0.05) is 39.8 Å². The predicted molar refractivity (Wildman–Crippen MR) is 121 cm³/mol. The fraction of sp³-hybridized carbons (Fsp3) is 0.929. The van der Waals surface area contributed by atoms with Crippen molar-refractivity contribution in [3.8, 4) is 0 Å². The minimum absolute atomic E-state index is 0.264. The third kappa shape index (κ3) is 2.56. The van der Waals surface area contributed by atoms with Crippen LogP contribution in [0.1, 0.15) is 91.9 Å². The molecule has 6 aliphatic rings. The fourth-order valence-corrected chi connectivity index (χ4v) is 10.2. The van der Waals surface area contributed by atoms with Crippen LogP contribution in [0.3, 0.4) is 0 Å². The number of hydrogen-bond acceptors (Lipinski definition) is 2. The summed E-state index contributed by atoms with van der Waals surface area (Å²) in [5, 5.41) is 0. The zero-order valence-corrected chi connectivity index (χ0v) is 19.9. The molecule has 0 bridgehead atoms. The van der Waals surface area contributed by atoms with Gasteiger partial charge in [-0.3, -0.25) is 0 Å². The third-order valence-corrected chi connectivity index (χ3v) is 11.9. The van der Waals surface area contributed by atoms with E-state index in [1.807, 2.05) is 0 Å². The summed E-state index contributed by atoms with van der Waals surface area (Å²) in [6.45, 7) is 15.4. The second kappa shape index (κ2) is 6.60. The van der Waals surface area contributed by atoms with Gasteiger partial charge in [0.25, 0.3) is 0 Å². The molecule has 0 N–H and O–H groups in total. The zero-order valence-electron chi connectivity index (χ0n) is 19.9. The van der Waals surface area contributed by atoms with Gasteiger partial charge in [0.2, 0.25) is 0 Å². The minimum atomic E-state index is -0.264. The Kier molecular flexibility index (Phi) is 4.46. The van der Waals surface area contributed by atoms with Crippen LogP contribution in [-0.2, 0) is 9.47 Å². The van der Waals surface area contributed by atoms with Gasteiger partial charge >= 0.3 is 0 Å². The van der Waals surface area contributed by atoms with Crippen molar-refractivity contribution in [2.24, 2.45) is 52.3 Å². The Bertz CT molecular complexity index is 720. The topological polar surface area (TPSA) is 18.5 Å². The molecule has 2 saturated heterocycles. The number of rotatable bonds is 0. The van der Waals surface area contributed by atoms with Crippen molar-refractivity contribution in [1.29, 1.82) is 0 Å². The second-order valence-electron chi connectivity index (χ2n) is 13.1. The summed E-state index contributed by atoms with van der Waals surface area (Å²) in [5.41, 5.74) is 2.56. The maximum absolute atomic E-state index is 6.92. The van der Waals surface area contributed by atoms with Crippen molar-refractivity contribution in [2.45, 2.75) is 104 Å². The molecule has 0 radical (unpaired) electrons. The van der Waals surface area contributed by atoms with Gasteiger partial charge in [-0.2, -0.15) is 0 Å². The lowest BCUT2D eigenvalue weighted by Gasteiger charge is -2.61. The highest BCUT2D eigenvalue weighted by Crippen LogP contribution is 2.71. The molecule has 2 nitrogen and oxygen atoms in total. The molecule has 0 unspecified atom stereocenters. The summed E-state index contributed by atoms with van der Waals surface area (Å²) in [5.74, 6) is 5.32. The Labute approximate surface area is 184 Å². The highest BCUT2D eigenvalue weighted by atomic mass is 16.7. The average molecular weight is 413 g/mol. The lowest BCUT2D eigenvalue weighted by atomic mass is 9.44. The van der Waals surface area contributed by atoms with Gasteiger partial charge in [0, 0.05) is 12.3 Å². The lowest BCUT2D eigenvalue weighted by Crippen LogP contribution is -2.54. The van der Waals surface area contributed by atoms with E-state index in [4.69, 9.17) is 9.47 Å². The maximum Gasteiger partial charge on any atom is 0.171 e. The van der Waals surface area contributed by atoms with Gasteiger partial charge in [-0.25, -0.2) is 0 Å². The first-order chi connectivity index (χ1) is 14.3. The predicted octanol–water partition coefficient (Wildman–Crippen LogP) is 6.99. The molecule has 11 atom stereocenters. The standard InChI is InChI=1S/C28H44O2/c1-17-8-11-26(4)20(14-17)6-7-21-22(26)10-12-27(5)23(21)15-24-25(27)19(3)28(30-24)13-9-18(2)16-29-28/h18-25H,1,6-16H2,2-5H3/t18-,19-,20+,21+,22-,23-,24-,25-,26-,27-,28+/m0/s1. The molecular formula is C28H44O2. The summed E-state index contributed by atoms with van der Waals surface area (Å²) in [6, 6.07) is 0. The molecule has 0 aromatic rings. The van der Waals surface area contributed by atoms with E-state index in [1.165, 1.54) is 63.4 Å². The van der Waals surface area contributed by atoms with E-state index in [-0.39, 0.29) is 5.79 Å². The van der Waals surface area contributed by atoms with Crippen molar-refractivity contribution >= 4 is 0 Å². The van der Waals surface area contributed by atoms with E-state index in [0.717, 1.165) is 36.7 Å². The monoisotopic (exact) mass is 412 g/mol. The molecule has 2 heteroatoms. The normalized spacial score (nSPS) is 60.1. The summed E-state index contributed by atoms with van der Waals surface area (Å²) in [7, 11) is 0. The SMILES string of the molecule is C=C1CC[C@@]2(C)[C@H](CC[C@@H]3[C@@H]2CC[C@]2(C)[C@@H]4[C@H](C[C@@H]32)O[C@]2(CC[C@H](C)CO2)[C@H]4C)C1. The summed E-state index contributed by atoms with van der Waals surface area (Å²) in [6.07, 6.45) is 13.9. The van der Waals surface area contributed by atoms with Gasteiger partial charge < -0.3 is 9.47 Å². The molecule has 30 heavy (non-hydrogen) atoms. The van der Waals surface area contributed by atoms with Crippen LogP contribution in [0.25, 0.3) is 0 Å². The highest BCUT2D eigenvalue weighted by molar-refractivity contribution is 5.17. The van der Waals surface area contributed by atoms with Crippen molar-refractivity contribution in [3.63, 3.8) is 0 Å². The third-order valence-electron chi connectivity index (χ3n) is 11.9. The fourth-order valence-electron chi connectivity index (χ4n) is 10.2. The van der Waals surface area contributed by atoms with Crippen LogP contribution in [0.4, 0.5) is 0 Å². The van der Waals surface area contributed by atoms with Gasteiger partial charge in [-0.05, 0) is 104 Å². The second-order valence-corrected chi connectivity index (χ2v) is 13.1. The van der Waals surface area contributed by atoms with Gasteiger partial charge in [0.05, 0.1) is 12.7 Å². The Hall–Kier alpha value is -0.340. The molecule has 6 fully saturated rings. The van der Waals surface area contributed by atoms with Crippen LogP contribution in [0.15, 0.2) is 12.2 Å². The first-order valence-electron chi connectivity index (χ1n) is 13.3. The molecule has 4 saturated carbocycles. The quantitative estimate of drug-likeness (QED) is 0.399. The number of allylic oxidation sites excluding steroid dienone is 1. The molecule has 0 aromatic heterocycles. The van der Waals surface area contributed by atoms with Crippen LogP contribution in [0.2, 0.25) is 0 Å². The molecule has 0 amide bonds. The summed E-state index contributed by atoms with van der Waals surface area (Å²) < 4.78 is 13.4. The average Bonchev–Trinajstić information content (AvgIpc) is 3.16. The number of ether oxygens (including phenoxy) is 2. The van der Waals surface area contributed by atoms with Gasteiger partial charge in [0.1, 0.15) is 0 Å². The van der Waals surface area contributed by atoms with E-state index < -0.39 is 0 Å². The van der Waals surface area contributed by atoms with Crippen LogP contribution in [0.5, 0.6) is 0 Å². The first-order valence-corrected chi connectivity index (χ1v) is 13.3. The van der Waals surface area contributed by atoms with E-state index >= 15 is 0 Å². The van der Waals surface area contributed by atoms with Gasteiger partial charge in [0.15, 0.2) is 5.79 Å². The highest BCUT2D eigenvalue weighted by Gasteiger charge is 2.69. The van der Waals surface area contributed by atoms with Crippen molar-refractivity contribution < 1.29 is 9.47 Å². The van der Waals surface area contributed by atoms with E-state index in [1.54, 1.807) is 0 Å². The molecule has 2 heterocycles. The lowest BCUT2D eigenvalue weighted by molar-refractivity contribution is -0.273. The molecule has 2 aliphatic heterocycles. The van der Waals surface area contributed by atoms with Crippen LogP contribution >= 0.6 is 0 Å². The molecule has 4 aliphatic carbocycles. The number of hydrogen-bond donors (Lipinski definition) is 0. The van der Waals surface area contributed by atoms with Crippen molar-refractivity contribution in [3.05, 3.63) is 12.2 Å². The van der Waals surface area contributed by atoms with Crippen molar-refractivity contribution in [2.75, 3.05) is 6.61 Å². The van der Waals surface area contributed by atoms with Crippen LogP contribution < -0.4 is 0 Å². The van der Waals surface area contributed by atoms with Crippen LogP contribution in [0, 0.1) is 52.3 Å². The first kappa shape index (κ1) is 20.3. The van der Waals surface area contributed by atoms with E-state index in [2.05, 4.69) is 34.3 Å². The van der Waals surface area contributed by atoms with Crippen molar-refractivity contribution in [1.82, 2.24) is 0 Å². The van der Waals surface area contributed by atoms with Crippen LogP contribution in [-0.4, -0.2) is 18.5 Å². The minimum Gasteiger partial charge on any atom is -0.349 e. The summed E-state index contributed by atoms with van der Waals surface area (Å²) >= 11 is 0. The Morgan fingerprint density at radius 2 is 1.77 bits per heavy atom. The Balaban J connectivity index is 1.26. The largest absolute Gasteiger partial charge is 0.349 e. The number of fused-ring (bicyclic) bond motifs is 7. The Morgan fingerprint density at radius 1 is 0.933 bits per heavy atom. The zero-order chi connectivity index (χ0) is 20.9. The Morgan fingerprint density at radius 3 is 2.53 bits per heavy atom. The maximum atomic E-state index is 6.92. The molecular weight excluding hydrogens is 368 g/mol. The molecule has 1 spiro atoms. The smallest absolute Gasteiger partial charge is 0.171 e. The van der Waals surface area contributed by atoms with Gasteiger partial charge in [-0.15, -0.1) is 0 Å². The molecule has 168 valence electrons. The molecule has 6 rings (SSSR count). The molecule has 0 aromatic carbocycles. The van der Waals surface area contributed by atoms with E-state index in [0.29, 0.717) is 34.7 Å².